The van der Waals surface area contributed by atoms with Crippen LogP contribution in [-0.2, 0) is 0 Å². The number of anilines is 1. The molecule has 0 radical (unpaired) electrons. The number of nitro benzene ring substituents is 1. The molecule has 0 atom stereocenters. The van der Waals surface area contributed by atoms with Gasteiger partial charge in [-0.2, -0.15) is 0 Å². The number of hydrogen-bond donors (Lipinski definition) is 1. The SMILES string of the molecule is Cc1cccc(-c2cc(C(=O)Nc3nc4ccc([N+](=O)[O-])cc4s3)c3ccccc3n2)c1. The Labute approximate surface area is 186 Å². The molecule has 0 aliphatic rings. The van der Waals surface area contributed by atoms with E-state index in [4.69, 9.17) is 4.98 Å². The lowest BCUT2D eigenvalue weighted by molar-refractivity contribution is -0.384. The molecule has 0 saturated carbocycles. The fourth-order valence-electron chi connectivity index (χ4n) is 3.56. The molecule has 0 aliphatic carbocycles. The zero-order valence-electron chi connectivity index (χ0n) is 16.9. The van der Waals surface area contributed by atoms with Crippen LogP contribution >= 0.6 is 11.3 Å². The number of para-hydroxylation sites is 1. The monoisotopic (exact) mass is 440 g/mol. The van der Waals surface area contributed by atoms with Crippen molar-refractivity contribution in [1.29, 1.82) is 0 Å². The van der Waals surface area contributed by atoms with E-state index in [0.29, 0.717) is 26.6 Å². The lowest BCUT2D eigenvalue weighted by Crippen LogP contribution is -2.13. The number of nitro groups is 1. The smallest absolute Gasteiger partial charge is 0.270 e. The molecule has 5 rings (SSSR count). The molecule has 7 nitrogen and oxygen atoms in total. The van der Waals surface area contributed by atoms with Crippen LogP contribution in [0.5, 0.6) is 0 Å². The third-order valence-electron chi connectivity index (χ3n) is 5.08. The van der Waals surface area contributed by atoms with E-state index < -0.39 is 4.92 Å². The van der Waals surface area contributed by atoms with Crippen LogP contribution in [0.25, 0.3) is 32.4 Å². The summed E-state index contributed by atoms with van der Waals surface area (Å²) in [5, 5.41) is 15.0. The standard InChI is InChI=1S/C24H16N4O3S/c1-14-5-4-6-15(11-14)21-13-18(17-7-2-3-8-19(17)25-21)23(29)27-24-26-20-10-9-16(28(30)31)12-22(20)32-24/h2-13H,1H3,(H,26,27,29). The van der Waals surface area contributed by atoms with Crippen LogP contribution in [0.15, 0.2) is 72.8 Å². The van der Waals surface area contributed by atoms with Gasteiger partial charge in [-0.3, -0.25) is 20.2 Å². The normalized spacial score (nSPS) is 11.0. The van der Waals surface area contributed by atoms with Gasteiger partial charge in [0.15, 0.2) is 5.13 Å². The Hall–Kier alpha value is -4.17. The number of carbonyl (C=O) groups is 1. The van der Waals surface area contributed by atoms with Crippen LogP contribution in [0.1, 0.15) is 15.9 Å². The Kier molecular flexibility index (Phi) is 4.84. The van der Waals surface area contributed by atoms with Gasteiger partial charge in [-0.25, -0.2) is 9.97 Å². The number of fused-ring (bicyclic) bond motifs is 2. The van der Waals surface area contributed by atoms with Crippen molar-refractivity contribution < 1.29 is 9.72 Å². The average Bonchev–Trinajstić information content (AvgIpc) is 3.19. The molecule has 3 aromatic carbocycles. The van der Waals surface area contributed by atoms with Crippen molar-refractivity contribution in [3.05, 3.63) is 94.0 Å². The van der Waals surface area contributed by atoms with E-state index in [1.54, 1.807) is 12.1 Å². The largest absolute Gasteiger partial charge is 0.298 e. The highest BCUT2D eigenvalue weighted by atomic mass is 32.1. The molecular weight excluding hydrogens is 424 g/mol. The Balaban J connectivity index is 1.55. The summed E-state index contributed by atoms with van der Waals surface area (Å²) in [6.45, 7) is 2.01. The van der Waals surface area contributed by atoms with Crippen molar-refractivity contribution in [2.75, 3.05) is 5.32 Å². The van der Waals surface area contributed by atoms with Crippen molar-refractivity contribution >= 4 is 49.2 Å². The molecule has 0 spiro atoms. The van der Waals surface area contributed by atoms with Crippen LogP contribution in [0.2, 0.25) is 0 Å². The molecule has 2 heterocycles. The van der Waals surface area contributed by atoms with Gasteiger partial charge >= 0.3 is 0 Å². The minimum Gasteiger partial charge on any atom is -0.298 e. The minimum atomic E-state index is -0.451. The van der Waals surface area contributed by atoms with Crippen LogP contribution in [-0.4, -0.2) is 20.8 Å². The molecule has 0 aliphatic heterocycles. The number of amides is 1. The van der Waals surface area contributed by atoms with Crippen molar-refractivity contribution in [1.82, 2.24) is 9.97 Å². The first-order valence-electron chi connectivity index (χ1n) is 9.81. The van der Waals surface area contributed by atoms with Gasteiger partial charge in [-0.15, -0.1) is 0 Å². The average molecular weight is 440 g/mol. The predicted octanol–water partition coefficient (Wildman–Crippen LogP) is 5.98. The number of non-ortho nitro benzene ring substituents is 1. The molecule has 2 aromatic heterocycles. The highest BCUT2D eigenvalue weighted by Gasteiger charge is 2.17. The Bertz CT molecular complexity index is 1530. The number of aromatic nitrogens is 2. The first-order chi connectivity index (χ1) is 15.5. The van der Waals surface area contributed by atoms with Gasteiger partial charge in [0.2, 0.25) is 0 Å². The number of hydrogen-bond acceptors (Lipinski definition) is 6. The number of rotatable bonds is 4. The summed E-state index contributed by atoms with van der Waals surface area (Å²) in [5.41, 5.74) is 4.52. The summed E-state index contributed by atoms with van der Waals surface area (Å²) >= 11 is 1.20. The molecule has 156 valence electrons. The second-order valence-electron chi connectivity index (χ2n) is 7.32. The van der Waals surface area contributed by atoms with Crippen molar-refractivity contribution in [3.63, 3.8) is 0 Å². The van der Waals surface area contributed by atoms with Crippen molar-refractivity contribution in [3.8, 4) is 11.3 Å². The van der Waals surface area contributed by atoms with Crippen LogP contribution in [0.3, 0.4) is 0 Å². The van der Waals surface area contributed by atoms with Crippen LogP contribution in [0, 0.1) is 17.0 Å². The van der Waals surface area contributed by atoms with Gasteiger partial charge in [0.1, 0.15) is 0 Å². The summed E-state index contributed by atoms with van der Waals surface area (Å²) in [5.74, 6) is -0.314. The van der Waals surface area contributed by atoms with Gasteiger partial charge in [-0.05, 0) is 31.2 Å². The lowest BCUT2D eigenvalue weighted by Gasteiger charge is -2.10. The Morgan fingerprint density at radius 2 is 1.81 bits per heavy atom. The van der Waals surface area contributed by atoms with Crippen molar-refractivity contribution in [2.45, 2.75) is 6.92 Å². The number of nitrogens with zero attached hydrogens (tertiary/aromatic N) is 3. The molecule has 0 fully saturated rings. The molecule has 8 heteroatoms. The highest BCUT2D eigenvalue weighted by molar-refractivity contribution is 7.22. The zero-order chi connectivity index (χ0) is 22.2. The molecule has 5 aromatic rings. The number of thiazole rings is 1. The Morgan fingerprint density at radius 3 is 2.62 bits per heavy atom. The zero-order valence-corrected chi connectivity index (χ0v) is 17.7. The second-order valence-corrected chi connectivity index (χ2v) is 8.35. The van der Waals surface area contributed by atoms with Gasteiger partial charge in [-0.1, -0.05) is 53.3 Å². The topological polar surface area (TPSA) is 98.0 Å². The van der Waals surface area contributed by atoms with E-state index in [1.807, 2.05) is 55.5 Å². The first kappa shape index (κ1) is 19.8. The second kappa shape index (κ2) is 7.82. The molecule has 1 N–H and O–H groups in total. The maximum absolute atomic E-state index is 13.3. The van der Waals surface area contributed by atoms with Crippen LogP contribution in [0.4, 0.5) is 10.8 Å². The maximum Gasteiger partial charge on any atom is 0.270 e. The number of nitrogens with one attached hydrogen (secondary N) is 1. The summed E-state index contributed by atoms with van der Waals surface area (Å²) in [7, 11) is 0. The van der Waals surface area contributed by atoms with E-state index in [0.717, 1.165) is 22.0 Å². The Morgan fingerprint density at radius 1 is 0.969 bits per heavy atom. The van der Waals surface area contributed by atoms with E-state index in [2.05, 4.69) is 10.3 Å². The molecule has 0 unspecified atom stereocenters. The van der Waals surface area contributed by atoms with Gasteiger partial charge < -0.3 is 0 Å². The molecule has 1 amide bonds. The lowest BCUT2D eigenvalue weighted by atomic mass is 10.0. The number of aryl methyl sites for hydroxylation is 1. The third-order valence-corrected chi connectivity index (χ3v) is 6.01. The fraction of sp³-hybridized carbons (Fsp3) is 0.0417. The third kappa shape index (κ3) is 3.67. The van der Waals surface area contributed by atoms with E-state index in [9.17, 15) is 14.9 Å². The molecule has 0 saturated heterocycles. The summed E-state index contributed by atoms with van der Waals surface area (Å²) in [6.07, 6.45) is 0. The molecular formula is C24H16N4O3S. The summed E-state index contributed by atoms with van der Waals surface area (Å²) in [4.78, 5) is 33.0. The summed E-state index contributed by atoms with van der Waals surface area (Å²) < 4.78 is 0.634. The quantitative estimate of drug-likeness (QED) is 0.274. The maximum atomic E-state index is 13.3. The minimum absolute atomic E-state index is 0.0121. The summed E-state index contributed by atoms with van der Waals surface area (Å²) in [6, 6.07) is 21.7. The van der Waals surface area contributed by atoms with E-state index in [-0.39, 0.29) is 11.6 Å². The number of pyridine rings is 1. The highest BCUT2D eigenvalue weighted by Crippen LogP contribution is 2.31. The van der Waals surface area contributed by atoms with Gasteiger partial charge in [0, 0.05) is 23.1 Å². The van der Waals surface area contributed by atoms with Crippen molar-refractivity contribution in [2.24, 2.45) is 0 Å². The van der Waals surface area contributed by atoms with Crippen LogP contribution < -0.4 is 5.32 Å². The number of carbonyl (C=O) groups excluding carboxylic acids is 1. The van der Waals surface area contributed by atoms with Gasteiger partial charge in [0.05, 0.1) is 31.9 Å². The number of benzene rings is 3. The predicted molar refractivity (Wildman–Crippen MR) is 126 cm³/mol. The fourth-order valence-corrected chi connectivity index (χ4v) is 4.45. The first-order valence-corrected chi connectivity index (χ1v) is 10.6. The van der Waals surface area contributed by atoms with E-state index in [1.165, 1.54) is 23.5 Å². The molecule has 32 heavy (non-hydrogen) atoms. The van der Waals surface area contributed by atoms with E-state index >= 15 is 0 Å². The van der Waals surface area contributed by atoms with Gasteiger partial charge in [0.25, 0.3) is 11.6 Å². The molecule has 0 bridgehead atoms.